The van der Waals surface area contributed by atoms with E-state index in [-0.39, 0.29) is 39.0 Å². The van der Waals surface area contributed by atoms with Crippen molar-refractivity contribution in [3.8, 4) is 17.2 Å². The maximum atomic E-state index is 11.0. The zero-order valence-corrected chi connectivity index (χ0v) is 17.0. The summed E-state index contributed by atoms with van der Waals surface area (Å²) in [5.74, 6) is -1.21. The zero-order chi connectivity index (χ0) is 20.2. The van der Waals surface area contributed by atoms with Crippen molar-refractivity contribution in [3.05, 3.63) is 38.0 Å². The molecule has 2 unspecified atom stereocenters. The van der Waals surface area contributed by atoms with Gasteiger partial charge in [-0.25, -0.2) is 0 Å². The number of fused-ring (bicyclic) bond motifs is 1. The Labute approximate surface area is 173 Å². The molecular weight excluding hydrogens is 482 g/mol. The predicted molar refractivity (Wildman–Crippen MR) is 109 cm³/mol. The van der Waals surface area contributed by atoms with Crippen LogP contribution in [-0.4, -0.2) is 41.2 Å². The molecule has 3 aromatic rings. The molecule has 27 heavy (non-hydrogen) atoms. The van der Waals surface area contributed by atoms with E-state index >= 15 is 0 Å². The van der Waals surface area contributed by atoms with E-state index in [9.17, 15) is 25.5 Å². The molecule has 0 aliphatic heterocycles. The van der Waals surface area contributed by atoms with Gasteiger partial charge >= 0.3 is 0 Å². The average molecular weight is 494 g/mol. The van der Waals surface area contributed by atoms with Crippen molar-refractivity contribution in [1.82, 2.24) is 0 Å². The van der Waals surface area contributed by atoms with Gasteiger partial charge in [0.1, 0.15) is 45.2 Å². The summed E-state index contributed by atoms with van der Waals surface area (Å²) < 4.78 is 6.17. The summed E-state index contributed by atoms with van der Waals surface area (Å²) in [5, 5.41) is 51.3. The zero-order valence-electron chi connectivity index (χ0n) is 13.9. The topological polar surface area (TPSA) is 114 Å². The Kier molecular flexibility index (Phi) is 5.28. The standard InChI is InChI=1S/C17H12B2Br2O6/c1-4(22)16-9(12(23)5-2-6(20)13(24)7(21)3-5)8-10(18)14(25)11(19)15(26)17(8)27-16/h2-4,12,22-26H,1H3. The summed E-state index contributed by atoms with van der Waals surface area (Å²) in [4.78, 5) is 0. The molecule has 0 amide bonds. The van der Waals surface area contributed by atoms with Gasteiger partial charge < -0.3 is 29.9 Å². The normalized spacial score (nSPS) is 13.8. The van der Waals surface area contributed by atoms with Gasteiger partial charge in [0.15, 0.2) is 11.3 Å². The van der Waals surface area contributed by atoms with Crippen LogP contribution >= 0.6 is 31.9 Å². The van der Waals surface area contributed by atoms with E-state index in [4.69, 9.17) is 20.1 Å². The third-order valence-corrected chi connectivity index (χ3v) is 5.44. The molecule has 0 bridgehead atoms. The Bertz CT molecular complexity index is 1040. The summed E-state index contributed by atoms with van der Waals surface area (Å²) in [5.41, 5.74) is -0.354. The molecule has 3 rings (SSSR count). The Morgan fingerprint density at radius 2 is 1.48 bits per heavy atom. The van der Waals surface area contributed by atoms with Crippen LogP contribution in [0.3, 0.4) is 0 Å². The number of furan rings is 1. The van der Waals surface area contributed by atoms with Crippen LogP contribution < -0.4 is 10.9 Å². The van der Waals surface area contributed by atoms with Crippen LogP contribution in [0.25, 0.3) is 11.0 Å². The molecule has 0 aliphatic carbocycles. The van der Waals surface area contributed by atoms with Gasteiger partial charge in [0.25, 0.3) is 0 Å². The highest BCUT2D eigenvalue weighted by atomic mass is 79.9. The second kappa shape index (κ2) is 7.09. The molecule has 5 N–H and O–H groups in total. The second-order valence-electron chi connectivity index (χ2n) is 6.02. The Morgan fingerprint density at radius 1 is 0.926 bits per heavy atom. The van der Waals surface area contributed by atoms with Crippen molar-refractivity contribution in [2.75, 3.05) is 0 Å². The monoisotopic (exact) mass is 492 g/mol. The largest absolute Gasteiger partial charge is 0.509 e. The van der Waals surface area contributed by atoms with E-state index in [0.29, 0.717) is 14.5 Å². The number of halogens is 2. The van der Waals surface area contributed by atoms with E-state index in [1.807, 2.05) is 0 Å². The summed E-state index contributed by atoms with van der Waals surface area (Å²) >= 11 is 6.38. The molecule has 0 fully saturated rings. The Balaban J connectivity index is 2.38. The SMILES string of the molecule is [B]c1c(O)c([B])c2c(C(O)c3cc(Br)c(O)c(Br)c3)c(C(C)O)oc2c1O. The van der Waals surface area contributed by atoms with Crippen LogP contribution in [0.5, 0.6) is 17.2 Å². The van der Waals surface area contributed by atoms with Crippen LogP contribution in [-0.2, 0) is 0 Å². The summed E-state index contributed by atoms with van der Waals surface area (Å²) in [6.45, 7) is 1.41. The smallest absolute Gasteiger partial charge is 0.175 e. The van der Waals surface area contributed by atoms with E-state index in [1.165, 1.54) is 19.1 Å². The first-order valence-electron chi connectivity index (χ1n) is 7.65. The molecule has 0 saturated carbocycles. The average Bonchev–Trinajstić information content (AvgIpc) is 3.02. The van der Waals surface area contributed by atoms with Crippen LogP contribution in [0.4, 0.5) is 0 Å². The molecule has 6 nitrogen and oxygen atoms in total. The van der Waals surface area contributed by atoms with E-state index in [0.717, 1.165) is 0 Å². The van der Waals surface area contributed by atoms with Gasteiger partial charge in [-0.3, -0.25) is 0 Å². The van der Waals surface area contributed by atoms with Gasteiger partial charge in [-0.2, -0.15) is 0 Å². The lowest BCUT2D eigenvalue weighted by molar-refractivity contribution is 0.159. The van der Waals surface area contributed by atoms with Crippen molar-refractivity contribution in [3.63, 3.8) is 0 Å². The number of benzene rings is 2. The minimum absolute atomic E-state index is 0.0305. The maximum Gasteiger partial charge on any atom is 0.175 e. The molecule has 0 spiro atoms. The van der Waals surface area contributed by atoms with Gasteiger partial charge in [0, 0.05) is 10.9 Å². The fourth-order valence-corrected chi connectivity index (χ4v) is 4.11. The van der Waals surface area contributed by atoms with Gasteiger partial charge in [0.05, 0.1) is 8.95 Å². The fraction of sp³-hybridized carbons (Fsp3) is 0.176. The molecule has 136 valence electrons. The summed E-state index contributed by atoms with van der Waals surface area (Å²) in [7, 11) is 11.6. The first kappa shape index (κ1) is 20.1. The number of hydrogen-bond donors (Lipinski definition) is 5. The Hall–Kier alpha value is -1.61. The number of phenols is 3. The Morgan fingerprint density at radius 3 is 2.00 bits per heavy atom. The molecule has 2 atom stereocenters. The molecule has 4 radical (unpaired) electrons. The molecule has 2 aromatic carbocycles. The van der Waals surface area contributed by atoms with E-state index in [2.05, 4.69) is 31.9 Å². The van der Waals surface area contributed by atoms with Crippen LogP contribution in [0.1, 0.15) is 36.0 Å². The third kappa shape index (κ3) is 3.14. The number of phenolic OH excluding ortho intramolecular Hbond substituents is 3. The molecule has 1 heterocycles. The number of hydrogen-bond acceptors (Lipinski definition) is 6. The van der Waals surface area contributed by atoms with Crippen molar-refractivity contribution in [2.45, 2.75) is 19.1 Å². The van der Waals surface area contributed by atoms with E-state index in [1.54, 1.807) is 0 Å². The predicted octanol–water partition coefficient (Wildman–Crippen LogP) is 1.80. The maximum absolute atomic E-state index is 11.0. The van der Waals surface area contributed by atoms with Crippen LogP contribution in [0.2, 0.25) is 0 Å². The second-order valence-corrected chi connectivity index (χ2v) is 7.73. The first-order valence-corrected chi connectivity index (χ1v) is 9.23. The summed E-state index contributed by atoms with van der Waals surface area (Å²) in [6, 6.07) is 2.95. The first-order chi connectivity index (χ1) is 12.6. The van der Waals surface area contributed by atoms with Crippen molar-refractivity contribution >= 4 is 69.4 Å². The minimum Gasteiger partial charge on any atom is -0.509 e. The van der Waals surface area contributed by atoms with Crippen LogP contribution in [0, 0.1) is 0 Å². The third-order valence-electron chi connectivity index (χ3n) is 4.23. The highest BCUT2D eigenvalue weighted by molar-refractivity contribution is 9.11. The van der Waals surface area contributed by atoms with Gasteiger partial charge in [-0.05, 0) is 67.4 Å². The van der Waals surface area contributed by atoms with Crippen molar-refractivity contribution in [1.29, 1.82) is 0 Å². The van der Waals surface area contributed by atoms with Gasteiger partial charge in [-0.15, -0.1) is 0 Å². The number of aliphatic hydroxyl groups is 2. The highest BCUT2D eigenvalue weighted by Gasteiger charge is 2.30. The van der Waals surface area contributed by atoms with E-state index < -0.39 is 23.7 Å². The number of aliphatic hydroxyl groups excluding tert-OH is 2. The number of aromatic hydroxyl groups is 3. The summed E-state index contributed by atoms with van der Waals surface area (Å²) in [6.07, 6.45) is -2.53. The molecular formula is C17H12B2Br2O6. The fourth-order valence-electron chi connectivity index (χ4n) is 2.89. The van der Waals surface area contributed by atoms with Crippen molar-refractivity contribution in [2.24, 2.45) is 0 Å². The molecule has 1 aromatic heterocycles. The molecule has 10 heteroatoms. The molecule has 0 aliphatic rings. The number of rotatable bonds is 3. The van der Waals surface area contributed by atoms with Crippen molar-refractivity contribution < 1.29 is 29.9 Å². The van der Waals surface area contributed by atoms with Gasteiger partial charge in [0.2, 0.25) is 0 Å². The van der Waals surface area contributed by atoms with Gasteiger partial charge in [-0.1, -0.05) is 0 Å². The highest BCUT2D eigenvalue weighted by Crippen LogP contribution is 2.42. The lowest BCUT2D eigenvalue weighted by atomic mass is 9.80. The van der Waals surface area contributed by atoms with Crippen LogP contribution in [0.15, 0.2) is 25.5 Å². The quantitative estimate of drug-likeness (QED) is 0.356. The lowest BCUT2D eigenvalue weighted by Crippen LogP contribution is -2.18. The lowest BCUT2D eigenvalue weighted by Gasteiger charge is -2.16. The molecule has 0 saturated heterocycles. The minimum atomic E-state index is -1.37.